The SMILES string of the molecule is CCc1nnc2ccc(N(C)Cc3ccc(OC)cc3OC)nn12. The predicted octanol–water partition coefficient (Wildman–Crippen LogP) is 2.34. The average molecular weight is 327 g/mol. The van der Waals surface area contributed by atoms with E-state index in [0.29, 0.717) is 6.54 Å². The number of anilines is 1. The number of aryl methyl sites for hydroxylation is 1. The summed E-state index contributed by atoms with van der Waals surface area (Å²) in [5.74, 6) is 3.26. The molecule has 0 spiro atoms. The molecule has 7 nitrogen and oxygen atoms in total. The number of aromatic nitrogens is 4. The number of hydrogen-bond donors (Lipinski definition) is 0. The number of fused-ring (bicyclic) bond motifs is 1. The quantitative estimate of drug-likeness (QED) is 0.692. The summed E-state index contributed by atoms with van der Waals surface area (Å²) >= 11 is 0. The molecule has 1 aromatic carbocycles. The molecule has 0 bridgehead atoms. The van der Waals surface area contributed by atoms with Crippen LogP contribution < -0.4 is 14.4 Å². The first-order chi connectivity index (χ1) is 11.7. The van der Waals surface area contributed by atoms with Gasteiger partial charge in [-0.25, -0.2) is 0 Å². The van der Waals surface area contributed by atoms with Crippen LogP contribution in [0, 0.1) is 0 Å². The Hall–Kier alpha value is -2.83. The van der Waals surface area contributed by atoms with Gasteiger partial charge in [-0.3, -0.25) is 0 Å². The lowest BCUT2D eigenvalue weighted by molar-refractivity contribution is 0.391. The number of methoxy groups -OCH3 is 2. The van der Waals surface area contributed by atoms with E-state index in [2.05, 4.69) is 20.2 Å². The summed E-state index contributed by atoms with van der Waals surface area (Å²) in [4.78, 5) is 2.06. The Morgan fingerprint density at radius 1 is 1.08 bits per heavy atom. The lowest BCUT2D eigenvalue weighted by Gasteiger charge is -2.20. The van der Waals surface area contributed by atoms with Gasteiger partial charge in [-0.1, -0.05) is 6.92 Å². The van der Waals surface area contributed by atoms with Crippen molar-refractivity contribution in [2.24, 2.45) is 0 Å². The molecule has 0 radical (unpaired) electrons. The van der Waals surface area contributed by atoms with Crippen molar-refractivity contribution in [2.75, 3.05) is 26.2 Å². The standard InChI is InChI=1S/C17H21N5O2/c1-5-15-18-19-16-8-9-17(20-22(15)16)21(2)11-12-6-7-13(23-3)10-14(12)24-4/h6-10H,5,11H2,1-4H3. The van der Waals surface area contributed by atoms with Crippen LogP contribution in [0.4, 0.5) is 5.82 Å². The number of hydrogen-bond acceptors (Lipinski definition) is 6. The van der Waals surface area contributed by atoms with Crippen LogP contribution in [-0.2, 0) is 13.0 Å². The highest BCUT2D eigenvalue weighted by molar-refractivity contribution is 5.48. The second-order valence-corrected chi connectivity index (χ2v) is 5.47. The van der Waals surface area contributed by atoms with Gasteiger partial charge in [-0.2, -0.15) is 4.52 Å². The molecule has 3 aromatic rings. The van der Waals surface area contributed by atoms with Gasteiger partial charge >= 0.3 is 0 Å². The van der Waals surface area contributed by atoms with Crippen LogP contribution in [0.1, 0.15) is 18.3 Å². The van der Waals surface area contributed by atoms with Crippen LogP contribution in [0.2, 0.25) is 0 Å². The summed E-state index contributed by atoms with van der Waals surface area (Å²) in [5.41, 5.74) is 1.81. The molecule has 0 atom stereocenters. The maximum absolute atomic E-state index is 5.47. The molecule has 0 unspecified atom stereocenters. The predicted molar refractivity (Wildman–Crippen MR) is 91.8 cm³/mol. The monoisotopic (exact) mass is 327 g/mol. The van der Waals surface area contributed by atoms with E-state index in [0.717, 1.165) is 40.8 Å². The zero-order valence-corrected chi connectivity index (χ0v) is 14.4. The molecule has 0 saturated heterocycles. The van der Waals surface area contributed by atoms with Crippen LogP contribution in [0.15, 0.2) is 30.3 Å². The van der Waals surface area contributed by atoms with Crippen LogP contribution in [0.5, 0.6) is 11.5 Å². The Bertz CT molecular complexity index is 846. The molecule has 2 aromatic heterocycles. The molecule has 3 rings (SSSR count). The van der Waals surface area contributed by atoms with Crippen molar-refractivity contribution < 1.29 is 9.47 Å². The zero-order chi connectivity index (χ0) is 17.1. The minimum absolute atomic E-state index is 0.662. The first-order valence-electron chi connectivity index (χ1n) is 7.79. The number of rotatable bonds is 6. The van der Waals surface area contributed by atoms with E-state index in [1.54, 1.807) is 18.7 Å². The fourth-order valence-corrected chi connectivity index (χ4v) is 2.57. The molecular formula is C17H21N5O2. The van der Waals surface area contributed by atoms with E-state index >= 15 is 0 Å². The Labute approximate surface area is 140 Å². The Morgan fingerprint density at radius 3 is 2.62 bits per heavy atom. The highest BCUT2D eigenvalue weighted by Gasteiger charge is 2.12. The van der Waals surface area contributed by atoms with E-state index < -0.39 is 0 Å². The van der Waals surface area contributed by atoms with E-state index in [4.69, 9.17) is 9.47 Å². The fourth-order valence-electron chi connectivity index (χ4n) is 2.57. The summed E-state index contributed by atoms with van der Waals surface area (Å²) in [7, 11) is 5.30. The molecule has 126 valence electrons. The van der Waals surface area contributed by atoms with Gasteiger partial charge in [-0.05, 0) is 24.3 Å². The summed E-state index contributed by atoms with van der Waals surface area (Å²) in [6.45, 7) is 2.70. The maximum Gasteiger partial charge on any atom is 0.178 e. The van der Waals surface area contributed by atoms with Crippen molar-refractivity contribution in [1.82, 2.24) is 19.8 Å². The second-order valence-electron chi connectivity index (χ2n) is 5.47. The molecule has 0 aliphatic heterocycles. The molecule has 0 fully saturated rings. The van der Waals surface area contributed by atoms with Gasteiger partial charge < -0.3 is 14.4 Å². The largest absolute Gasteiger partial charge is 0.497 e. The van der Waals surface area contributed by atoms with Crippen LogP contribution in [0.25, 0.3) is 5.65 Å². The van der Waals surface area contributed by atoms with Crippen LogP contribution in [-0.4, -0.2) is 41.1 Å². The first kappa shape index (κ1) is 16.0. The average Bonchev–Trinajstić information content (AvgIpc) is 3.04. The Kier molecular flexibility index (Phi) is 4.50. The van der Waals surface area contributed by atoms with E-state index in [9.17, 15) is 0 Å². The van der Waals surface area contributed by atoms with Crippen molar-refractivity contribution >= 4 is 11.5 Å². The highest BCUT2D eigenvalue weighted by Crippen LogP contribution is 2.26. The maximum atomic E-state index is 5.47. The van der Waals surface area contributed by atoms with Gasteiger partial charge in [0, 0.05) is 31.6 Å². The van der Waals surface area contributed by atoms with Crippen molar-refractivity contribution in [3.63, 3.8) is 0 Å². The third kappa shape index (κ3) is 2.97. The lowest BCUT2D eigenvalue weighted by Crippen LogP contribution is -2.19. The number of benzene rings is 1. The second kappa shape index (κ2) is 6.74. The smallest absolute Gasteiger partial charge is 0.178 e. The number of nitrogens with zero attached hydrogens (tertiary/aromatic N) is 5. The molecule has 24 heavy (non-hydrogen) atoms. The van der Waals surface area contributed by atoms with Gasteiger partial charge in [0.25, 0.3) is 0 Å². The minimum atomic E-state index is 0.662. The highest BCUT2D eigenvalue weighted by atomic mass is 16.5. The molecule has 0 saturated carbocycles. The topological polar surface area (TPSA) is 64.8 Å². The molecule has 0 aliphatic carbocycles. The van der Waals surface area contributed by atoms with Crippen molar-refractivity contribution in [2.45, 2.75) is 19.9 Å². The third-order valence-corrected chi connectivity index (χ3v) is 3.92. The minimum Gasteiger partial charge on any atom is -0.497 e. The summed E-state index contributed by atoms with van der Waals surface area (Å²) in [6.07, 6.45) is 0.785. The third-order valence-electron chi connectivity index (χ3n) is 3.92. The van der Waals surface area contributed by atoms with E-state index in [-0.39, 0.29) is 0 Å². The van der Waals surface area contributed by atoms with Crippen LogP contribution >= 0.6 is 0 Å². The van der Waals surface area contributed by atoms with Crippen molar-refractivity contribution in [3.8, 4) is 11.5 Å². The lowest BCUT2D eigenvalue weighted by atomic mass is 10.2. The molecule has 2 heterocycles. The first-order valence-corrected chi connectivity index (χ1v) is 7.79. The Morgan fingerprint density at radius 2 is 1.92 bits per heavy atom. The van der Waals surface area contributed by atoms with Crippen molar-refractivity contribution in [3.05, 3.63) is 41.7 Å². The fraction of sp³-hybridized carbons (Fsp3) is 0.353. The van der Waals surface area contributed by atoms with Gasteiger partial charge in [0.15, 0.2) is 11.5 Å². The molecular weight excluding hydrogens is 306 g/mol. The van der Waals surface area contributed by atoms with E-state index in [1.807, 2.05) is 44.3 Å². The van der Waals surface area contributed by atoms with Crippen molar-refractivity contribution in [1.29, 1.82) is 0 Å². The number of ether oxygens (including phenoxy) is 2. The summed E-state index contributed by atoms with van der Waals surface area (Å²) < 4.78 is 12.5. The molecule has 0 aliphatic rings. The van der Waals surface area contributed by atoms with Crippen LogP contribution in [0.3, 0.4) is 0 Å². The summed E-state index contributed by atoms with van der Waals surface area (Å²) in [6, 6.07) is 9.69. The van der Waals surface area contributed by atoms with Gasteiger partial charge in [-0.15, -0.1) is 15.3 Å². The van der Waals surface area contributed by atoms with Gasteiger partial charge in [0.1, 0.15) is 17.3 Å². The van der Waals surface area contributed by atoms with Gasteiger partial charge in [0.2, 0.25) is 0 Å². The Balaban J connectivity index is 1.88. The summed E-state index contributed by atoms with van der Waals surface area (Å²) in [5, 5.41) is 12.9. The normalized spacial score (nSPS) is 10.8. The zero-order valence-electron chi connectivity index (χ0n) is 14.4. The molecule has 0 amide bonds. The van der Waals surface area contributed by atoms with Gasteiger partial charge in [0.05, 0.1) is 14.2 Å². The van der Waals surface area contributed by atoms with E-state index in [1.165, 1.54) is 0 Å². The molecule has 7 heteroatoms. The molecule has 0 N–H and O–H groups in total.